The minimum atomic E-state index is 0.0835. The van der Waals surface area contributed by atoms with Gasteiger partial charge in [0.25, 0.3) is 0 Å². The second-order valence-electron chi connectivity index (χ2n) is 4.90. The molecule has 0 aromatic heterocycles. The molecule has 0 N–H and O–H groups in total. The second-order valence-corrected chi connectivity index (χ2v) is 4.90. The molecule has 2 heteroatoms. The van der Waals surface area contributed by atoms with Gasteiger partial charge in [0.1, 0.15) is 0 Å². The Kier molecular flexibility index (Phi) is 3.95. The van der Waals surface area contributed by atoms with Crippen LogP contribution in [0.1, 0.15) is 42.1 Å². The van der Waals surface area contributed by atoms with E-state index in [0.717, 1.165) is 25.1 Å². The molecule has 0 spiro atoms. The van der Waals surface area contributed by atoms with E-state index in [2.05, 4.69) is 11.8 Å². The zero-order valence-corrected chi connectivity index (χ0v) is 10.8. The number of hydrogen-bond donors (Lipinski definition) is 0. The van der Waals surface area contributed by atoms with Gasteiger partial charge in [-0.15, -0.1) is 0 Å². The Bertz CT molecular complexity index is 376. The quantitative estimate of drug-likeness (QED) is 0.742. The lowest BCUT2D eigenvalue weighted by Gasteiger charge is -2.25. The van der Waals surface area contributed by atoms with Crippen LogP contribution >= 0.6 is 0 Å². The first kappa shape index (κ1) is 12.3. The summed E-state index contributed by atoms with van der Waals surface area (Å²) in [7, 11) is 0. The average Bonchev–Trinajstić information content (AvgIpc) is 2.84. The van der Waals surface area contributed by atoms with E-state index in [1.807, 2.05) is 31.2 Å². The summed E-state index contributed by atoms with van der Waals surface area (Å²) >= 11 is 0. The third kappa shape index (κ3) is 2.75. The smallest absolute Gasteiger partial charge is 0.179 e. The Morgan fingerprint density at radius 3 is 2.35 bits per heavy atom. The molecule has 1 aromatic carbocycles. The van der Waals surface area contributed by atoms with Crippen LogP contribution in [0.4, 0.5) is 0 Å². The maximum absolute atomic E-state index is 12.4. The molecule has 0 aliphatic carbocycles. The first-order valence-electron chi connectivity index (χ1n) is 6.57. The molecule has 2 nitrogen and oxygen atoms in total. The van der Waals surface area contributed by atoms with Gasteiger partial charge in [0.2, 0.25) is 0 Å². The Balaban J connectivity index is 2.13. The summed E-state index contributed by atoms with van der Waals surface area (Å²) in [5.41, 5.74) is 2.06. The number of carbonyl (C=O) groups is 1. The summed E-state index contributed by atoms with van der Waals surface area (Å²) in [5.74, 6) is 0.286. The van der Waals surface area contributed by atoms with Gasteiger partial charge in [0.05, 0.1) is 6.04 Å². The van der Waals surface area contributed by atoms with Gasteiger partial charge in [-0.25, -0.2) is 0 Å². The van der Waals surface area contributed by atoms with Gasteiger partial charge in [-0.1, -0.05) is 36.8 Å². The molecule has 0 bridgehead atoms. The van der Waals surface area contributed by atoms with Crippen molar-refractivity contribution in [2.45, 2.75) is 39.2 Å². The minimum Gasteiger partial charge on any atom is -0.293 e. The SMILES string of the molecule is CC[C@H](C(=O)c1ccc(C)cc1)N1CCCC1. The van der Waals surface area contributed by atoms with E-state index >= 15 is 0 Å². The highest BCUT2D eigenvalue weighted by Crippen LogP contribution is 2.18. The van der Waals surface area contributed by atoms with Crippen molar-refractivity contribution in [1.29, 1.82) is 0 Å². The maximum Gasteiger partial charge on any atom is 0.179 e. The van der Waals surface area contributed by atoms with Crippen molar-refractivity contribution >= 4 is 5.78 Å². The summed E-state index contributed by atoms with van der Waals surface area (Å²) < 4.78 is 0. The Morgan fingerprint density at radius 2 is 1.82 bits per heavy atom. The molecule has 92 valence electrons. The number of rotatable bonds is 4. The van der Waals surface area contributed by atoms with Gasteiger partial charge in [-0.05, 0) is 39.3 Å². The highest BCUT2D eigenvalue weighted by atomic mass is 16.1. The van der Waals surface area contributed by atoms with Crippen LogP contribution in [0.2, 0.25) is 0 Å². The molecule has 1 saturated heterocycles. The van der Waals surface area contributed by atoms with E-state index in [1.165, 1.54) is 18.4 Å². The van der Waals surface area contributed by atoms with Gasteiger partial charge in [0.15, 0.2) is 5.78 Å². The summed E-state index contributed by atoms with van der Waals surface area (Å²) in [6, 6.07) is 8.03. The first-order chi connectivity index (χ1) is 8.22. The number of Topliss-reactive ketones (excluding diaryl/α,β-unsaturated/α-hetero) is 1. The summed E-state index contributed by atoms with van der Waals surface area (Å²) in [4.78, 5) is 14.8. The van der Waals surface area contributed by atoms with Crippen molar-refractivity contribution in [3.8, 4) is 0 Å². The van der Waals surface area contributed by atoms with Gasteiger partial charge in [-0.3, -0.25) is 9.69 Å². The molecular weight excluding hydrogens is 210 g/mol. The van der Waals surface area contributed by atoms with Crippen LogP contribution in [0.5, 0.6) is 0 Å². The average molecular weight is 231 g/mol. The predicted molar refractivity (Wildman–Crippen MR) is 70.4 cm³/mol. The largest absolute Gasteiger partial charge is 0.293 e. The van der Waals surface area contributed by atoms with Gasteiger partial charge in [0, 0.05) is 5.56 Å². The molecule has 0 radical (unpaired) electrons. The lowest BCUT2D eigenvalue weighted by Crippen LogP contribution is -2.38. The molecular formula is C15H21NO. The Labute approximate surface area is 104 Å². The number of aryl methyl sites for hydroxylation is 1. The number of nitrogens with zero attached hydrogens (tertiary/aromatic N) is 1. The third-order valence-electron chi connectivity index (χ3n) is 3.61. The van der Waals surface area contributed by atoms with Crippen molar-refractivity contribution in [3.63, 3.8) is 0 Å². The number of benzene rings is 1. The standard InChI is InChI=1S/C15H21NO/c1-3-14(16-10-4-5-11-16)15(17)13-8-6-12(2)7-9-13/h6-9,14H,3-5,10-11H2,1-2H3/t14-/m1/s1. The molecule has 17 heavy (non-hydrogen) atoms. The lowest BCUT2D eigenvalue weighted by atomic mass is 10.00. The fourth-order valence-corrected chi connectivity index (χ4v) is 2.57. The van der Waals surface area contributed by atoms with Crippen LogP contribution in [-0.2, 0) is 0 Å². The summed E-state index contributed by atoms with van der Waals surface area (Å²) in [6.45, 7) is 6.31. The highest BCUT2D eigenvalue weighted by Gasteiger charge is 2.26. The fourth-order valence-electron chi connectivity index (χ4n) is 2.57. The van der Waals surface area contributed by atoms with E-state index in [4.69, 9.17) is 0 Å². The van der Waals surface area contributed by atoms with Crippen LogP contribution in [-0.4, -0.2) is 29.8 Å². The van der Waals surface area contributed by atoms with Gasteiger partial charge in [-0.2, -0.15) is 0 Å². The van der Waals surface area contributed by atoms with Crippen LogP contribution in [0.15, 0.2) is 24.3 Å². The van der Waals surface area contributed by atoms with E-state index in [0.29, 0.717) is 0 Å². The molecule has 1 aliphatic rings. The number of carbonyl (C=O) groups excluding carboxylic acids is 1. The normalized spacial score (nSPS) is 18.2. The van der Waals surface area contributed by atoms with E-state index in [9.17, 15) is 4.79 Å². The van der Waals surface area contributed by atoms with Crippen LogP contribution < -0.4 is 0 Å². The van der Waals surface area contributed by atoms with Crippen LogP contribution in [0.3, 0.4) is 0 Å². The Hall–Kier alpha value is -1.15. The molecule has 1 heterocycles. The highest BCUT2D eigenvalue weighted by molar-refractivity contribution is 6.00. The maximum atomic E-state index is 12.4. The van der Waals surface area contributed by atoms with Crippen LogP contribution in [0.25, 0.3) is 0 Å². The van der Waals surface area contributed by atoms with Crippen molar-refractivity contribution in [2.24, 2.45) is 0 Å². The predicted octanol–water partition coefficient (Wildman–Crippen LogP) is 3.05. The zero-order chi connectivity index (χ0) is 12.3. The van der Waals surface area contributed by atoms with E-state index in [1.54, 1.807) is 0 Å². The molecule has 2 rings (SSSR count). The third-order valence-corrected chi connectivity index (χ3v) is 3.61. The van der Waals surface area contributed by atoms with E-state index in [-0.39, 0.29) is 11.8 Å². The molecule has 1 aliphatic heterocycles. The molecule has 1 aromatic rings. The second kappa shape index (κ2) is 5.46. The van der Waals surface area contributed by atoms with Crippen molar-refractivity contribution in [2.75, 3.05) is 13.1 Å². The summed E-state index contributed by atoms with van der Waals surface area (Å²) in [6.07, 6.45) is 3.38. The topological polar surface area (TPSA) is 20.3 Å². The fraction of sp³-hybridized carbons (Fsp3) is 0.533. The van der Waals surface area contributed by atoms with Crippen molar-refractivity contribution < 1.29 is 4.79 Å². The van der Waals surface area contributed by atoms with Crippen molar-refractivity contribution in [3.05, 3.63) is 35.4 Å². The first-order valence-corrected chi connectivity index (χ1v) is 6.57. The van der Waals surface area contributed by atoms with Crippen molar-refractivity contribution in [1.82, 2.24) is 4.90 Å². The molecule has 0 amide bonds. The zero-order valence-electron chi connectivity index (χ0n) is 10.8. The monoisotopic (exact) mass is 231 g/mol. The molecule has 0 unspecified atom stereocenters. The number of ketones is 1. The lowest BCUT2D eigenvalue weighted by molar-refractivity contribution is 0.0844. The number of hydrogen-bond acceptors (Lipinski definition) is 2. The Morgan fingerprint density at radius 1 is 1.24 bits per heavy atom. The minimum absolute atomic E-state index is 0.0835. The molecule has 1 fully saturated rings. The van der Waals surface area contributed by atoms with Gasteiger partial charge >= 0.3 is 0 Å². The number of likely N-dealkylation sites (tertiary alicyclic amines) is 1. The molecule has 1 atom stereocenters. The summed E-state index contributed by atoms with van der Waals surface area (Å²) in [5, 5.41) is 0. The molecule has 0 saturated carbocycles. The van der Waals surface area contributed by atoms with E-state index < -0.39 is 0 Å². The van der Waals surface area contributed by atoms with Gasteiger partial charge < -0.3 is 0 Å². The van der Waals surface area contributed by atoms with Crippen LogP contribution in [0, 0.1) is 6.92 Å².